The van der Waals surface area contributed by atoms with Crippen LogP contribution in [0.1, 0.15) is 23.2 Å². The third-order valence-corrected chi connectivity index (χ3v) is 3.07. The summed E-state index contributed by atoms with van der Waals surface area (Å²) in [5, 5.41) is 3.39. The Kier molecular flexibility index (Phi) is 3.55. The summed E-state index contributed by atoms with van der Waals surface area (Å²) >= 11 is 0. The van der Waals surface area contributed by atoms with Crippen LogP contribution in [-0.2, 0) is 0 Å². The Labute approximate surface area is 107 Å². The first-order chi connectivity index (χ1) is 8.58. The first-order valence-corrected chi connectivity index (χ1v) is 6.10. The first kappa shape index (κ1) is 12.5. The Morgan fingerprint density at radius 3 is 2.61 bits per heavy atom. The van der Waals surface area contributed by atoms with Crippen LogP contribution >= 0.6 is 0 Å². The van der Waals surface area contributed by atoms with E-state index in [0.717, 1.165) is 18.5 Å². The van der Waals surface area contributed by atoms with Crippen molar-refractivity contribution in [3.8, 4) is 0 Å². The Balaban J connectivity index is 2.18. The van der Waals surface area contributed by atoms with Crippen LogP contribution in [0.4, 0.5) is 11.4 Å². The number of anilines is 2. The van der Waals surface area contributed by atoms with Gasteiger partial charge in [0.05, 0.1) is 11.4 Å². The molecule has 0 spiro atoms. The van der Waals surface area contributed by atoms with Gasteiger partial charge in [-0.25, -0.2) is 0 Å². The molecule has 1 aliphatic rings. The van der Waals surface area contributed by atoms with Crippen LogP contribution in [0.5, 0.6) is 0 Å². The molecule has 1 aromatic rings. The molecule has 1 aliphatic carbocycles. The van der Waals surface area contributed by atoms with E-state index in [1.54, 1.807) is 31.1 Å². The number of carbonyl (C=O) groups is 1. The average molecular weight is 245 g/mol. The Morgan fingerprint density at radius 1 is 1.33 bits per heavy atom. The summed E-state index contributed by atoms with van der Waals surface area (Å²) in [6.07, 6.45) is 6.32. The molecule has 2 rings (SSSR count). The van der Waals surface area contributed by atoms with Crippen LogP contribution < -0.4 is 11.1 Å². The molecule has 96 valence electrons. The van der Waals surface area contributed by atoms with Gasteiger partial charge in [-0.2, -0.15) is 0 Å². The number of benzene rings is 1. The number of nitrogens with two attached hydrogens (primary N) is 1. The highest BCUT2D eigenvalue weighted by Gasteiger charge is 2.14. The molecule has 4 heteroatoms. The van der Waals surface area contributed by atoms with E-state index in [1.165, 1.54) is 0 Å². The maximum atomic E-state index is 11.9. The molecule has 0 aromatic heterocycles. The van der Waals surface area contributed by atoms with Gasteiger partial charge in [0.25, 0.3) is 5.91 Å². The molecule has 0 aliphatic heterocycles. The van der Waals surface area contributed by atoms with E-state index < -0.39 is 0 Å². The van der Waals surface area contributed by atoms with Crippen molar-refractivity contribution in [2.24, 2.45) is 0 Å². The van der Waals surface area contributed by atoms with Crippen LogP contribution in [0.25, 0.3) is 0 Å². The lowest BCUT2D eigenvalue weighted by atomic mass is 10.1. The number of amides is 1. The second kappa shape index (κ2) is 5.12. The number of nitrogen functional groups attached to an aromatic ring is 1. The number of rotatable bonds is 3. The van der Waals surface area contributed by atoms with Gasteiger partial charge < -0.3 is 16.0 Å². The summed E-state index contributed by atoms with van der Waals surface area (Å²) in [5.41, 5.74) is 8.11. The molecule has 0 atom stereocenters. The Morgan fingerprint density at radius 2 is 2.00 bits per heavy atom. The second-order valence-electron chi connectivity index (χ2n) is 4.79. The fourth-order valence-electron chi connectivity index (χ4n) is 2.03. The van der Waals surface area contributed by atoms with Crippen molar-refractivity contribution in [3.05, 3.63) is 35.9 Å². The van der Waals surface area contributed by atoms with E-state index in [2.05, 4.69) is 17.5 Å². The normalized spacial score (nSPS) is 14.8. The summed E-state index contributed by atoms with van der Waals surface area (Å²) in [6.45, 7) is 0. The summed E-state index contributed by atoms with van der Waals surface area (Å²) < 4.78 is 0. The highest BCUT2D eigenvalue weighted by molar-refractivity contribution is 5.95. The zero-order valence-electron chi connectivity index (χ0n) is 10.8. The topological polar surface area (TPSA) is 58.4 Å². The maximum Gasteiger partial charge on any atom is 0.253 e. The van der Waals surface area contributed by atoms with Crippen molar-refractivity contribution >= 4 is 17.3 Å². The molecule has 0 saturated carbocycles. The van der Waals surface area contributed by atoms with Gasteiger partial charge in [0.2, 0.25) is 0 Å². The third kappa shape index (κ3) is 2.64. The molecule has 1 amide bonds. The summed E-state index contributed by atoms with van der Waals surface area (Å²) in [7, 11) is 3.49. The Hall–Kier alpha value is -1.97. The zero-order valence-corrected chi connectivity index (χ0v) is 10.8. The number of nitrogens with one attached hydrogen (secondary N) is 1. The molecular formula is C14H19N3O. The van der Waals surface area contributed by atoms with Crippen LogP contribution in [0.3, 0.4) is 0 Å². The molecule has 0 saturated heterocycles. The largest absolute Gasteiger partial charge is 0.397 e. The van der Waals surface area contributed by atoms with Crippen molar-refractivity contribution in [3.63, 3.8) is 0 Å². The fraction of sp³-hybridized carbons (Fsp3) is 0.357. The monoisotopic (exact) mass is 245 g/mol. The summed E-state index contributed by atoms with van der Waals surface area (Å²) in [6, 6.07) is 5.75. The predicted octanol–water partition coefficient (Wildman–Crippen LogP) is 2.10. The van der Waals surface area contributed by atoms with Gasteiger partial charge in [-0.3, -0.25) is 4.79 Å². The molecule has 0 bridgehead atoms. The lowest BCUT2D eigenvalue weighted by Gasteiger charge is -2.17. The van der Waals surface area contributed by atoms with Gasteiger partial charge in [0, 0.05) is 25.7 Å². The van der Waals surface area contributed by atoms with Crippen molar-refractivity contribution in [1.29, 1.82) is 0 Å². The van der Waals surface area contributed by atoms with Crippen molar-refractivity contribution < 1.29 is 4.79 Å². The lowest BCUT2D eigenvalue weighted by molar-refractivity contribution is 0.0827. The standard InChI is InChI=1S/C14H19N3O/c1-17(2)14(18)10-7-8-12(15)13(9-10)16-11-5-3-4-6-11/h3-4,7-9,11,16H,5-6,15H2,1-2H3. The number of nitrogens with zero attached hydrogens (tertiary/aromatic N) is 1. The SMILES string of the molecule is CN(C)C(=O)c1ccc(N)c(NC2CC=CC2)c1. The summed E-state index contributed by atoms with van der Waals surface area (Å²) in [5.74, 6) is -0.0115. The molecular weight excluding hydrogens is 226 g/mol. The quantitative estimate of drug-likeness (QED) is 0.633. The highest BCUT2D eigenvalue weighted by Crippen LogP contribution is 2.24. The van der Waals surface area contributed by atoms with E-state index >= 15 is 0 Å². The van der Waals surface area contributed by atoms with Gasteiger partial charge in [-0.05, 0) is 31.0 Å². The van der Waals surface area contributed by atoms with E-state index in [1.807, 2.05) is 6.07 Å². The Bertz CT molecular complexity index is 472. The van der Waals surface area contributed by atoms with Crippen LogP contribution in [0.15, 0.2) is 30.4 Å². The fourth-order valence-corrected chi connectivity index (χ4v) is 2.03. The number of hydrogen-bond donors (Lipinski definition) is 2. The van der Waals surface area contributed by atoms with Crippen LogP contribution in [-0.4, -0.2) is 30.9 Å². The molecule has 0 heterocycles. The minimum Gasteiger partial charge on any atom is -0.397 e. The van der Waals surface area contributed by atoms with Crippen molar-refractivity contribution in [1.82, 2.24) is 4.90 Å². The van der Waals surface area contributed by atoms with Crippen LogP contribution in [0, 0.1) is 0 Å². The number of carbonyl (C=O) groups excluding carboxylic acids is 1. The summed E-state index contributed by atoms with van der Waals surface area (Å²) in [4.78, 5) is 13.5. The molecule has 0 fully saturated rings. The molecule has 1 aromatic carbocycles. The lowest BCUT2D eigenvalue weighted by Crippen LogP contribution is -2.22. The van der Waals surface area contributed by atoms with Gasteiger partial charge >= 0.3 is 0 Å². The number of hydrogen-bond acceptors (Lipinski definition) is 3. The minimum absolute atomic E-state index is 0.0115. The van der Waals surface area contributed by atoms with E-state index in [4.69, 9.17) is 5.73 Å². The minimum atomic E-state index is -0.0115. The van der Waals surface area contributed by atoms with Gasteiger partial charge in [-0.1, -0.05) is 12.2 Å². The second-order valence-corrected chi connectivity index (χ2v) is 4.79. The van der Waals surface area contributed by atoms with Gasteiger partial charge in [0.1, 0.15) is 0 Å². The molecule has 4 nitrogen and oxygen atoms in total. The van der Waals surface area contributed by atoms with Gasteiger partial charge in [0.15, 0.2) is 0 Å². The predicted molar refractivity (Wildman–Crippen MR) is 74.7 cm³/mol. The van der Waals surface area contributed by atoms with Crippen molar-refractivity contribution in [2.45, 2.75) is 18.9 Å². The average Bonchev–Trinajstić information content (AvgIpc) is 2.84. The van der Waals surface area contributed by atoms with E-state index in [-0.39, 0.29) is 5.91 Å². The molecule has 0 radical (unpaired) electrons. The van der Waals surface area contributed by atoms with Crippen LogP contribution in [0.2, 0.25) is 0 Å². The van der Waals surface area contributed by atoms with Crippen molar-refractivity contribution in [2.75, 3.05) is 25.1 Å². The molecule has 0 unspecified atom stereocenters. The van der Waals surface area contributed by atoms with Gasteiger partial charge in [-0.15, -0.1) is 0 Å². The first-order valence-electron chi connectivity index (χ1n) is 6.10. The maximum absolute atomic E-state index is 11.9. The van der Waals surface area contributed by atoms with E-state index in [9.17, 15) is 4.79 Å². The van der Waals surface area contributed by atoms with E-state index in [0.29, 0.717) is 17.3 Å². The molecule has 3 N–H and O–H groups in total. The third-order valence-electron chi connectivity index (χ3n) is 3.07. The smallest absolute Gasteiger partial charge is 0.253 e. The molecule has 18 heavy (non-hydrogen) atoms. The zero-order chi connectivity index (χ0) is 13.1. The highest BCUT2D eigenvalue weighted by atomic mass is 16.2.